The lowest BCUT2D eigenvalue weighted by Gasteiger charge is -2.49. The minimum absolute atomic E-state index is 0.0690. The lowest BCUT2D eigenvalue weighted by Crippen LogP contribution is -2.62. The molecule has 20 heteroatoms. The van der Waals surface area contributed by atoms with Crippen molar-refractivity contribution in [2.75, 3.05) is 133 Å². The fourth-order valence-corrected chi connectivity index (χ4v) is 12.9. The molecule has 0 saturated carbocycles. The van der Waals surface area contributed by atoms with Crippen molar-refractivity contribution in [3.8, 4) is 34.5 Å². The number of rotatable bonds is 12. The maximum atomic E-state index is 16.5. The topological polar surface area (TPSA) is 164 Å². The molecule has 2 fully saturated rings. The monoisotopic (exact) mass is 1180 g/mol. The highest BCUT2D eigenvalue weighted by molar-refractivity contribution is 5.91. The van der Waals surface area contributed by atoms with Crippen LogP contribution in [0.5, 0.6) is 34.5 Å². The minimum Gasteiger partial charge on any atom is -0.491 e. The van der Waals surface area contributed by atoms with Gasteiger partial charge in [-0.2, -0.15) is 0 Å². The van der Waals surface area contributed by atoms with Crippen LogP contribution in [0.3, 0.4) is 0 Å². The number of carbonyl (C=O) groups is 2. The van der Waals surface area contributed by atoms with Gasteiger partial charge in [0.2, 0.25) is 0 Å². The van der Waals surface area contributed by atoms with E-state index in [1.165, 1.54) is 0 Å². The first kappa shape index (κ1) is 58.7. The molecule has 6 heterocycles. The molecule has 2 saturated heterocycles. The number of hydrogen-bond acceptors (Lipinski definition) is 16. The minimum atomic E-state index is -1.46. The molecule has 12 rings (SSSR count). The lowest BCUT2D eigenvalue weighted by atomic mass is 9.79. The van der Waals surface area contributed by atoms with Gasteiger partial charge >= 0.3 is 12.1 Å². The summed E-state index contributed by atoms with van der Waals surface area (Å²) in [6.45, 7) is 8.36. The predicted octanol–water partition coefficient (Wildman–Crippen LogP) is 8.17. The highest BCUT2D eigenvalue weighted by atomic mass is 16.7. The zero-order valence-electron chi connectivity index (χ0n) is 49.1. The summed E-state index contributed by atoms with van der Waals surface area (Å²) in [7, 11) is 3.20. The zero-order valence-corrected chi connectivity index (χ0v) is 49.1. The Hall–Kier alpha value is -7.66. The highest BCUT2D eigenvalue weighted by Crippen LogP contribution is 2.66. The first-order chi connectivity index (χ1) is 42.4. The fraction of sp³-hybridized carbons (Fsp3) is 0.424. The van der Waals surface area contributed by atoms with Crippen LogP contribution in [0.15, 0.2) is 133 Å². The second-order valence-electron chi connectivity index (χ2n) is 21.8. The van der Waals surface area contributed by atoms with E-state index in [0.717, 1.165) is 56.0 Å². The van der Waals surface area contributed by atoms with Crippen molar-refractivity contribution in [1.82, 2.24) is 29.4 Å². The van der Waals surface area contributed by atoms with Crippen molar-refractivity contribution in [2.45, 2.75) is 50.6 Å². The van der Waals surface area contributed by atoms with E-state index in [1.807, 2.05) is 129 Å². The molecule has 20 nitrogen and oxygen atoms in total. The molecular formula is C66H76N6O14. The zero-order chi connectivity index (χ0) is 58.7. The Kier molecular flexibility index (Phi) is 18.7. The van der Waals surface area contributed by atoms with Crippen molar-refractivity contribution in [2.24, 2.45) is 0 Å². The first-order valence-electron chi connectivity index (χ1n) is 29.7. The standard InChI is InChI=1S/C66H76N6O14/c1-75-47-85-53-17-13-49(14-18-53)41-67-25-29-77-33-37-81-59-21-23-61-57-45-71-64(74)72-46-58-56(44-70-63(73)69(43-55(57)59)65(71,51-9-5-3-6-10-51)66(70,72)52-11-7-4-8-12-52)60(82-38-34-78-30-26-67)22-24-62(58)84-40-36-80-32-28-68(27-31-79-35-39-83-61)42-50-15-19-54(20-16-50)86-48-76-2/h3-24H,25-48H2,1-2H3. The summed E-state index contributed by atoms with van der Waals surface area (Å²) < 4.78 is 73.9. The quantitative estimate of drug-likeness (QED) is 0.108. The molecular weight excluding hydrogens is 1100 g/mol. The molecule has 8 bridgehead atoms. The predicted molar refractivity (Wildman–Crippen MR) is 316 cm³/mol. The van der Waals surface area contributed by atoms with Gasteiger partial charge in [-0.1, -0.05) is 84.9 Å². The Morgan fingerprint density at radius 2 is 0.674 bits per heavy atom. The van der Waals surface area contributed by atoms with Crippen molar-refractivity contribution in [3.63, 3.8) is 0 Å². The van der Waals surface area contributed by atoms with E-state index in [-0.39, 0.29) is 78.3 Å². The van der Waals surface area contributed by atoms with E-state index >= 15 is 9.59 Å². The van der Waals surface area contributed by atoms with Gasteiger partial charge in [0, 0.05) is 86.9 Å². The number of benzene rings is 6. The van der Waals surface area contributed by atoms with Crippen LogP contribution >= 0.6 is 0 Å². The van der Waals surface area contributed by atoms with Gasteiger partial charge in [-0.15, -0.1) is 0 Å². The summed E-state index contributed by atoms with van der Waals surface area (Å²) in [4.78, 5) is 45.2. The summed E-state index contributed by atoms with van der Waals surface area (Å²) in [5.74, 6) is 3.72. The van der Waals surface area contributed by atoms with Gasteiger partial charge in [-0.05, 0) is 59.7 Å². The molecule has 0 N–H and O–H groups in total. The Balaban J connectivity index is 0.935. The van der Waals surface area contributed by atoms with Crippen LogP contribution < -0.4 is 28.4 Å². The molecule has 0 spiro atoms. The molecule has 4 amide bonds. The van der Waals surface area contributed by atoms with E-state index < -0.39 is 11.3 Å². The number of urea groups is 2. The molecule has 6 aliphatic rings. The van der Waals surface area contributed by atoms with Gasteiger partial charge in [0.1, 0.15) is 60.9 Å². The normalized spacial score (nSPS) is 21.8. The number of ether oxygens (including phenoxy) is 12. The number of carbonyl (C=O) groups excluding carboxylic acids is 2. The summed E-state index contributed by atoms with van der Waals surface area (Å²) >= 11 is 0. The number of amides is 4. The molecule has 86 heavy (non-hydrogen) atoms. The Labute approximate surface area is 502 Å². The van der Waals surface area contributed by atoms with Crippen LogP contribution in [0.25, 0.3) is 0 Å². The number of methoxy groups -OCH3 is 2. The molecule has 6 aromatic carbocycles. The van der Waals surface area contributed by atoms with Crippen LogP contribution in [0.2, 0.25) is 0 Å². The number of hydrogen-bond donors (Lipinski definition) is 0. The van der Waals surface area contributed by atoms with Crippen LogP contribution in [0.1, 0.15) is 44.5 Å². The van der Waals surface area contributed by atoms with Gasteiger partial charge < -0.3 is 56.8 Å². The summed E-state index contributed by atoms with van der Waals surface area (Å²) in [5.41, 5.74) is 3.79. The summed E-state index contributed by atoms with van der Waals surface area (Å²) in [6.07, 6.45) is 0. The van der Waals surface area contributed by atoms with E-state index in [9.17, 15) is 0 Å². The average Bonchev–Trinajstić information content (AvgIpc) is 1.47. The summed E-state index contributed by atoms with van der Waals surface area (Å²) in [5, 5.41) is 0. The van der Waals surface area contributed by atoms with Crippen molar-refractivity contribution in [3.05, 3.63) is 178 Å². The maximum absolute atomic E-state index is 16.5. The second-order valence-corrected chi connectivity index (χ2v) is 21.8. The third kappa shape index (κ3) is 11.8. The Morgan fingerprint density at radius 1 is 0.372 bits per heavy atom. The molecule has 0 aliphatic carbocycles. The molecule has 454 valence electrons. The van der Waals surface area contributed by atoms with Crippen LogP contribution in [-0.2, 0) is 79.0 Å². The molecule has 0 radical (unpaired) electrons. The molecule has 0 unspecified atom stereocenters. The Morgan fingerprint density at radius 3 is 0.965 bits per heavy atom. The average molecular weight is 1180 g/mol. The van der Waals surface area contributed by atoms with Gasteiger partial charge in [0.15, 0.2) is 24.9 Å². The van der Waals surface area contributed by atoms with Crippen LogP contribution in [-0.4, -0.2) is 175 Å². The lowest BCUT2D eigenvalue weighted by molar-refractivity contribution is -0.0796. The third-order valence-electron chi connectivity index (χ3n) is 16.8. The van der Waals surface area contributed by atoms with Crippen LogP contribution in [0, 0.1) is 0 Å². The smallest absolute Gasteiger partial charge is 0.325 e. The van der Waals surface area contributed by atoms with E-state index in [4.69, 9.17) is 56.8 Å². The molecule has 6 aliphatic heterocycles. The van der Waals surface area contributed by atoms with E-state index in [0.29, 0.717) is 115 Å². The van der Waals surface area contributed by atoms with Crippen molar-refractivity contribution >= 4 is 12.1 Å². The first-order valence-corrected chi connectivity index (χ1v) is 29.7. The van der Waals surface area contributed by atoms with Crippen LogP contribution in [0.4, 0.5) is 9.59 Å². The molecule has 6 aromatic rings. The SMILES string of the molecule is COCOc1ccc(CN2CCOCCOc3ccc4c5c3CN3C(=O)N6Cc7c(ccc(c7CN7C(=O)N(C5)C3(c3ccccc3)C67c3ccccc3)OCCOCCN(Cc3ccc(OCOC)cc3)CCOCCO4)OCCOCC2)cc1. The number of nitrogens with zero attached hydrogens (tertiary/aromatic N) is 6. The van der Waals surface area contributed by atoms with Crippen molar-refractivity contribution in [1.29, 1.82) is 0 Å². The molecule has 0 atom stereocenters. The maximum Gasteiger partial charge on any atom is 0.325 e. The van der Waals surface area contributed by atoms with E-state index in [2.05, 4.69) is 34.1 Å². The fourth-order valence-electron chi connectivity index (χ4n) is 12.9. The van der Waals surface area contributed by atoms with Gasteiger partial charge in [0.05, 0.1) is 79.0 Å². The van der Waals surface area contributed by atoms with Gasteiger partial charge in [-0.25, -0.2) is 9.59 Å². The Bertz CT molecular complexity index is 2910. The molecule has 0 aromatic heterocycles. The third-order valence-corrected chi connectivity index (χ3v) is 16.8. The van der Waals surface area contributed by atoms with E-state index in [1.54, 1.807) is 14.2 Å². The largest absolute Gasteiger partial charge is 0.491 e. The second kappa shape index (κ2) is 27.4. The van der Waals surface area contributed by atoms with Crippen molar-refractivity contribution < 1.29 is 66.4 Å². The summed E-state index contributed by atoms with van der Waals surface area (Å²) in [6, 6.07) is 43.1. The van der Waals surface area contributed by atoms with Gasteiger partial charge in [0.25, 0.3) is 0 Å². The highest BCUT2D eigenvalue weighted by Gasteiger charge is 2.81. The van der Waals surface area contributed by atoms with Gasteiger partial charge in [-0.3, -0.25) is 29.4 Å².